The second-order valence-electron chi connectivity index (χ2n) is 7.89. The lowest BCUT2D eigenvalue weighted by atomic mass is 9.86. The van der Waals surface area contributed by atoms with Crippen molar-refractivity contribution in [2.24, 2.45) is 0 Å². The zero-order valence-electron chi connectivity index (χ0n) is 17.7. The van der Waals surface area contributed by atoms with Crippen LogP contribution in [0.15, 0.2) is 36.4 Å². The molecule has 4 rings (SSSR count). The number of hydrogen-bond acceptors (Lipinski definition) is 4. The first-order valence-corrected chi connectivity index (χ1v) is 10.5. The molecule has 1 amide bonds. The topological polar surface area (TPSA) is 85.7 Å². The maximum atomic E-state index is 14.6. The molecule has 3 aromatic rings. The van der Waals surface area contributed by atoms with E-state index in [0.29, 0.717) is 47.8 Å². The summed E-state index contributed by atoms with van der Waals surface area (Å²) in [6, 6.07) is 12.9. The third kappa shape index (κ3) is 4.06. The second kappa shape index (κ2) is 8.68. The molecule has 0 unspecified atom stereocenters. The molecule has 6 nitrogen and oxygen atoms in total. The Bertz CT molecular complexity index is 1160. The summed E-state index contributed by atoms with van der Waals surface area (Å²) in [5, 5.41) is 17.4. The first-order valence-electron chi connectivity index (χ1n) is 10.5. The number of halogens is 1. The number of nitriles is 1. The second-order valence-corrected chi connectivity index (χ2v) is 7.89. The number of likely N-dealkylation sites (tertiary alicyclic amines) is 1. The Morgan fingerprint density at radius 2 is 2.00 bits per heavy atom. The minimum Gasteiger partial charge on any atom is -0.339 e. The van der Waals surface area contributed by atoms with Crippen molar-refractivity contribution in [3.63, 3.8) is 0 Å². The molecule has 0 radical (unpaired) electrons. The van der Waals surface area contributed by atoms with Gasteiger partial charge in [-0.2, -0.15) is 5.26 Å². The van der Waals surface area contributed by atoms with E-state index in [1.165, 1.54) is 6.07 Å². The summed E-state index contributed by atoms with van der Waals surface area (Å²) in [5.74, 6) is 0.713. The van der Waals surface area contributed by atoms with Gasteiger partial charge < -0.3 is 9.88 Å². The van der Waals surface area contributed by atoms with Crippen LogP contribution in [0.25, 0.3) is 11.4 Å². The maximum Gasteiger partial charge on any atom is 0.254 e. The Hall–Kier alpha value is -3.53. The monoisotopic (exact) mass is 417 g/mol. The number of piperidine rings is 1. The predicted octanol–water partition coefficient (Wildman–Crippen LogP) is 4.37. The van der Waals surface area contributed by atoms with Crippen LogP contribution in [0.3, 0.4) is 0 Å². The van der Waals surface area contributed by atoms with Gasteiger partial charge >= 0.3 is 0 Å². The van der Waals surface area contributed by atoms with Crippen molar-refractivity contribution in [2.75, 3.05) is 13.1 Å². The quantitative estimate of drug-likeness (QED) is 0.683. The van der Waals surface area contributed by atoms with Crippen LogP contribution in [0.2, 0.25) is 0 Å². The van der Waals surface area contributed by atoms with Gasteiger partial charge in [0.1, 0.15) is 11.6 Å². The van der Waals surface area contributed by atoms with E-state index in [4.69, 9.17) is 0 Å². The molecule has 0 aliphatic carbocycles. The Morgan fingerprint density at radius 3 is 2.68 bits per heavy atom. The number of carbonyl (C=O) groups is 1. The lowest BCUT2D eigenvalue weighted by molar-refractivity contribution is 0.0712. The van der Waals surface area contributed by atoms with E-state index < -0.39 is 5.82 Å². The lowest BCUT2D eigenvalue weighted by Crippen LogP contribution is -2.38. The molecule has 158 valence electrons. The van der Waals surface area contributed by atoms with Crippen LogP contribution in [0, 0.1) is 24.1 Å². The van der Waals surface area contributed by atoms with Crippen LogP contribution in [0.5, 0.6) is 0 Å². The summed E-state index contributed by atoms with van der Waals surface area (Å²) in [4.78, 5) is 18.1. The Morgan fingerprint density at radius 1 is 1.26 bits per heavy atom. The van der Waals surface area contributed by atoms with E-state index in [1.807, 2.05) is 36.1 Å². The van der Waals surface area contributed by atoms with Gasteiger partial charge in [0, 0.05) is 25.1 Å². The molecule has 31 heavy (non-hydrogen) atoms. The molecule has 1 saturated heterocycles. The third-order valence-electron chi connectivity index (χ3n) is 5.97. The van der Waals surface area contributed by atoms with Crippen molar-refractivity contribution in [2.45, 2.75) is 39.0 Å². The number of nitrogens with zero attached hydrogens (tertiary/aromatic N) is 4. The summed E-state index contributed by atoms with van der Waals surface area (Å²) in [6.07, 6.45) is 2.25. The number of aryl methyl sites for hydroxylation is 2. The van der Waals surface area contributed by atoms with E-state index in [1.54, 1.807) is 13.0 Å². The average Bonchev–Trinajstić information content (AvgIpc) is 3.28. The SMILES string of the molecule is CCc1nnc(-c2cc(C(=O)N3CCC(c4ccccc4C#N)CC3)c(C)cc2F)[nH]1. The summed E-state index contributed by atoms with van der Waals surface area (Å²) in [6.45, 7) is 4.87. The van der Waals surface area contributed by atoms with Crippen LogP contribution in [-0.2, 0) is 6.42 Å². The van der Waals surface area contributed by atoms with Crippen molar-refractivity contribution < 1.29 is 9.18 Å². The number of benzene rings is 2. The van der Waals surface area contributed by atoms with Crippen molar-refractivity contribution in [1.82, 2.24) is 20.1 Å². The molecule has 0 saturated carbocycles. The maximum absolute atomic E-state index is 14.6. The number of amides is 1. The molecule has 1 aliphatic heterocycles. The summed E-state index contributed by atoms with van der Waals surface area (Å²) < 4.78 is 14.6. The van der Waals surface area contributed by atoms with Crippen LogP contribution < -0.4 is 0 Å². The van der Waals surface area contributed by atoms with Gasteiger partial charge in [0.2, 0.25) is 0 Å². The molecule has 0 bridgehead atoms. The van der Waals surface area contributed by atoms with E-state index >= 15 is 0 Å². The molecular formula is C24H24FN5O. The number of aromatic amines is 1. The minimum atomic E-state index is -0.431. The first-order chi connectivity index (χ1) is 15.0. The van der Waals surface area contributed by atoms with E-state index in [0.717, 1.165) is 18.4 Å². The number of nitrogens with one attached hydrogen (secondary N) is 1. The Labute approximate surface area is 180 Å². The molecule has 1 N–H and O–H groups in total. The standard InChI is InChI=1S/C24H24FN5O/c1-3-22-27-23(29-28-22)20-13-19(15(2)12-21(20)25)24(31)30-10-8-16(9-11-30)18-7-5-4-6-17(18)14-26/h4-7,12-13,16H,3,8-11H2,1-2H3,(H,27,28,29). The van der Waals surface area contributed by atoms with Crippen molar-refractivity contribution in [3.05, 3.63) is 70.3 Å². The molecule has 2 aromatic carbocycles. The summed E-state index contributed by atoms with van der Waals surface area (Å²) >= 11 is 0. The molecule has 0 spiro atoms. The molecular weight excluding hydrogens is 393 g/mol. The predicted molar refractivity (Wildman–Crippen MR) is 115 cm³/mol. The van der Waals surface area contributed by atoms with Gasteiger partial charge in [0.15, 0.2) is 5.82 Å². The molecule has 7 heteroatoms. The first kappa shape index (κ1) is 20.7. The van der Waals surface area contributed by atoms with Crippen LogP contribution >= 0.6 is 0 Å². The molecule has 1 aromatic heterocycles. The van der Waals surface area contributed by atoms with Gasteiger partial charge in [0.05, 0.1) is 17.2 Å². The fourth-order valence-electron chi connectivity index (χ4n) is 4.18. The molecule has 1 aliphatic rings. The lowest BCUT2D eigenvalue weighted by Gasteiger charge is -2.33. The average molecular weight is 417 g/mol. The van der Waals surface area contributed by atoms with Crippen LogP contribution in [0.1, 0.15) is 58.6 Å². The smallest absolute Gasteiger partial charge is 0.254 e. The van der Waals surface area contributed by atoms with Crippen LogP contribution in [0.4, 0.5) is 4.39 Å². The van der Waals surface area contributed by atoms with E-state index in [2.05, 4.69) is 21.3 Å². The zero-order valence-corrected chi connectivity index (χ0v) is 17.7. The highest BCUT2D eigenvalue weighted by atomic mass is 19.1. The fourth-order valence-corrected chi connectivity index (χ4v) is 4.18. The van der Waals surface area contributed by atoms with Gasteiger partial charge in [-0.05, 0) is 55.0 Å². The van der Waals surface area contributed by atoms with Crippen molar-refractivity contribution >= 4 is 5.91 Å². The third-order valence-corrected chi connectivity index (χ3v) is 5.97. The van der Waals surface area contributed by atoms with Gasteiger partial charge in [-0.25, -0.2) is 4.39 Å². The number of rotatable bonds is 4. The molecule has 2 heterocycles. The molecule has 0 atom stereocenters. The number of carbonyl (C=O) groups excluding carboxylic acids is 1. The summed E-state index contributed by atoms with van der Waals surface area (Å²) in [5.41, 5.74) is 3.07. The number of hydrogen-bond donors (Lipinski definition) is 1. The van der Waals surface area contributed by atoms with Crippen molar-refractivity contribution in [3.8, 4) is 17.5 Å². The van der Waals surface area contributed by atoms with Gasteiger partial charge in [-0.3, -0.25) is 4.79 Å². The number of aromatic nitrogens is 3. The van der Waals surface area contributed by atoms with Crippen LogP contribution in [-0.4, -0.2) is 39.1 Å². The number of H-pyrrole nitrogens is 1. The highest BCUT2D eigenvalue weighted by Crippen LogP contribution is 2.31. The van der Waals surface area contributed by atoms with E-state index in [-0.39, 0.29) is 17.4 Å². The summed E-state index contributed by atoms with van der Waals surface area (Å²) in [7, 11) is 0. The molecule has 1 fully saturated rings. The van der Waals surface area contributed by atoms with Gasteiger partial charge in [-0.1, -0.05) is 25.1 Å². The fraction of sp³-hybridized carbons (Fsp3) is 0.333. The zero-order chi connectivity index (χ0) is 22.0. The Balaban J connectivity index is 1.54. The Kier molecular flexibility index (Phi) is 5.81. The normalized spacial score (nSPS) is 14.5. The van der Waals surface area contributed by atoms with Gasteiger partial charge in [0.25, 0.3) is 5.91 Å². The van der Waals surface area contributed by atoms with E-state index in [9.17, 15) is 14.4 Å². The highest BCUT2D eigenvalue weighted by molar-refractivity contribution is 5.97. The van der Waals surface area contributed by atoms with Crippen molar-refractivity contribution in [1.29, 1.82) is 5.26 Å². The largest absolute Gasteiger partial charge is 0.339 e. The highest BCUT2D eigenvalue weighted by Gasteiger charge is 2.27. The minimum absolute atomic E-state index is 0.110. The van der Waals surface area contributed by atoms with Gasteiger partial charge in [-0.15, -0.1) is 10.2 Å².